The summed E-state index contributed by atoms with van der Waals surface area (Å²) in [5, 5.41) is 3.11. The summed E-state index contributed by atoms with van der Waals surface area (Å²) in [7, 11) is 1.65. The molecule has 1 aromatic rings. The van der Waals surface area contributed by atoms with E-state index in [9.17, 15) is 9.59 Å². The van der Waals surface area contributed by atoms with Crippen LogP contribution in [0.3, 0.4) is 0 Å². The molecule has 9 heteroatoms. The summed E-state index contributed by atoms with van der Waals surface area (Å²) >= 11 is 0. The van der Waals surface area contributed by atoms with E-state index in [1.54, 1.807) is 29.9 Å². The van der Waals surface area contributed by atoms with Crippen molar-refractivity contribution >= 4 is 17.9 Å². The second-order valence-electron chi connectivity index (χ2n) is 5.97. The Morgan fingerprint density at radius 3 is 2.54 bits per heavy atom. The molecule has 2 rings (SSSR count). The number of carbonyl (C=O) groups excluding carboxylic acids is 2. The Labute approximate surface area is 153 Å². The van der Waals surface area contributed by atoms with Crippen molar-refractivity contribution in [3.8, 4) is 0 Å². The Kier molecular flexibility index (Phi) is 7.58. The monoisotopic (exact) mass is 365 g/mol. The molecule has 1 saturated heterocycles. The number of amides is 2. The van der Waals surface area contributed by atoms with Gasteiger partial charge in [-0.05, 0) is 26.3 Å². The summed E-state index contributed by atoms with van der Waals surface area (Å²) in [6.07, 6.45) is 0.493. The van der Waals surface area contributed by atoms with E-state index < -0.39 is 0 Å². The van der Waals surface area contributed by atoms with Crippen LogP contribution in [-0.4, -0.2) is 84.8 Å². The number of hydrogen-bond acceptors (Lipinski definition) is 7. The average Bonchev–Trinajstić information content (AvgIpc) is 2.64. The van der Waals surface area contributed by atoms with Gasteiger partial charge in [-0.1, -0.05) is 0 Å². The Balaban J connectivity index is 1.95. The number of methoxy groups -OCH3 is 1. The maximum atomic E-state index is 12.7. The van der Waals surface area contributed by atoms with Crippen LogP contribution >= 0.6 is 0 Å². The number of rotatable bonds is 7. The Hall–Kier alpha value is -2.42. The van der Waals surface area contributed by atoms with Crippen molar-refractivity contribution < 1.29 is 19.1 Å². The van der Waals surface area contributed by atoms with E-state index in [1.807, 2.05) is 6.92 Å². The van der Waals surface area contributed by atoms with Crippen molar-refractivity contribution in [2.24, 2.45) is 0 Å². The van der Waals surface area contributed by atoms with Gasteiger partial charge < -0.3 is 24.6 Å². The highest BCUT2D eigenvalue weighted by Crippen LogP contribution is 2.11. The molecule has 0 aliphatic carbocycles. The minimum Gasteiger partial charge on any atom is -0.450 e. The first-order valence-electron chi connectivity index (χ1n) is 8.84. The summed E-state index contributed by atoms with van der Waals surface area (Å²) in [6, 6.07) is 1.68. The van der Waals surface area contributed by atoms with E-state index in [0.717, 1.165) is 12.1 Å². The molecule has 0 bridgehead atoms. The minimum atomic E-state index is -0.333. The molecule has 26 heavy (non-hydrogen) atoms. The van der Waals surface area contributed by atoms with Gasteiger partial charge in [0.25, 0.3) is 5.91 Å². The summed E-state index contributed by atoms with van der Waals surface area (Å²) in [4.78, 5) is 36.4. The highest BCUT2D eigenvalue weighted by atomic mass is 16.6. The van der Waals surface area contributed by atoms with E-state index in [1.165, 1.54) is 0 Å². The topological polar surface area (TPSA) is 96.9 Å². The smallest absolute Gasteiger partial charge is 0.409 e. The van der Waals surface area contributed by atoms with E-state index in [0.29, 0.717) is 57.6 Å². The lowest BCUT2D eigenvalue weighted by molar-refractivity contribution is 0.0566. The van der Waals surface area contributed by atoms with Crippen LogP contribution in [-0.2, 0) is 9.47 Å². The van der Waals surface area contributed by atoms with Gasteiger partial charge in [0.2, 0.25) is 5.95 Å². The van der Waals surface area contributed by atoms with Gasteiger partial charge in [-0.25, -0.2) is 14.8 Å². The van der Waals surface area contributed by atoms with Crippen molar-refractivity contribution in [1.29, 1.82) is 0 Å². The zero-order valence-electron chi connectivity index (χ0n) is 15.7. The van der Waals surface area contributed by atoms with Crippen LogP contribution in [0.25, 0.3) is 0 Å². The number of ether oxygens (including phenoxy) is 2. The molecular weight excluding hydrogens is 338 g/mol. The second kappa shape index (κ2) is 9.91. The first kappa shape index (κ1) is 19.9. The van der Waals surface area contributed by atoms with E-state index >= 15 is 0 Å². The minimum absolute atomic E-state index is 0.154. The molecule has 0 spiro atoms. The second-order valence-corrected chi connectivity index (χ2v) is 5.97. The summed E-state index contributed by atoms with van der Waals surface area (Å²) in [5.74, 6) is 0.286. The van der Waals surface area contributed by atoms with Crippen LogP contribution in [0.2, 0.25) is 0 Å². The lowest BCUT2D eigenvalue weighted by atomic mass is 10.2. The fraction of sp³-hybridized carbons (Fsp3) is 0.647. The van der Waals surface area contributed by atoms with Gasteiger partial charge in [-0.3, -0.25) is 4.79 Å². The molecular formula is C17H27N5O4. The van der Waals surface area contributed by atoms with Crippen LogP contribution in [0, 0.1) is 6.92 Å². The SMILES string of the molecule is CCOC(=O)N1CCN(C(=O)c2cc(C)nc(NCCCOC)n2)CC1. The number of hydrogen-bond donors (Lipinski definition) is 1. The zero-order valence-corrected chi connectivity index (χ0v) is 15.7. The van der Waals surface area contributed by atoms with Crippen LogP contribution in [0.1, 0.15) is 29.5 Å². The third-order valence-electron chi connectivity index (χ3n) is 3.97. The molecule has 0 aromatic carbocycles. The highest BCUT2D eigenvalue weighted by molar-refractivity contribution is 5.92. The maximum absolute atomic E-state index is 12.7. The standard InChI is InChI=1S/C17H27N5O4/c1-4-26-17(24)22-9-7-21(8-10-22)15(23)14-12-13(2)19-16(20-14)18-6-5-11-25-3/h12H,4-11H2,1-3H3,(H,18,19,20). The van der Waals surface area contributed by atoms with Gasteiger partial charge in [-0.15, -0.1) is 0 Å². The molecule has 0 saturated carbocycles. The summed E-state index contributed by atoms with van der Waals surface area (Å²) < 4.78 is 10.0. The van der Waals surface area contributed by atoms with Crippen molar-refractivity contribution in [2.45, 2.75) is 20.3 Å². The van der Waals surface area contributed by atoms with Crippen LogP contribution < -0.4 is 5.32 Å². The first-order valence-corrected chi connectivity index (χ1v) is 8.84. The predicted molar refractivity (Wildman–Crippen MR) is 96.3 cm³/mol. The number of nitrogens with one attached hydrogen (secondary N) is 1. The molecule has 1 fully saturated rings. The third kappa shape index (κ3) is 5.55. The van der Waals surface area contributed by atoms with Gasteiger partial charge in [0.15, 0.2) is 0 Å². The third-order valence-corrected chi connectivity index (χ3v) is 3.97. The van der Waals surface area contributed by atoms with Crippen LogP contribution in [0.4, 0.5) is 10.7 Å². The summed E-state index contributed by atoms with van der Waals surface area (Å²) in [5.41, 5.74) is 1.08. The number of nitrogens with zero attached hydrogens (tertiary/aromatic N) is 4. The molecule has 144 valence electrons. The van der Waals surface area contributed by atoms with Crippen molar-refractivity contribution in [3.05, 3.63) is 17.5 Å². The fourth-order valence-corrected chi connectivity index (χ4v) is 2.64. The molecule has 9 nitrogen and oxygen atoms in total. The molecule has 1 aliphatic heterocycles. The van der Waals surface area contributed by atoms with Crippen molar-refractivity contribution in [2.75, 3.05) is 58.4 Å². The molecule has 2 heterocycles. The Bertz CT molecular complexity index is 617. The first-order chi connectivity index (χ1) is 12.5. The van der Waals surface area contributed by atoms with Gasteiger partial charge in [-0.2, -0.15) is 0 Å². The Morgan fingerprint density at radius 2 is 1.88 bits per heavy atom. The summed E-state index contributed by atoms with van der Waals surface area (Å²) in [6.45, 7) is 7.09. The van der Waals surface area contributed by atoms with E-state index in [4.69, 9.17) is 9.47 Å². The lowest BCUT2D eigenvalue weighted by Crippen LogP contribution is -2.50. The number of piperazine rings is 1. The predicted octanol–water partition coefficient (Wildman–Crippen LogP) is 1.15. The number of anilines is 1. The molecule has 1 aromatic heterocycles. The molecule has 0 radical (unpaired) electrons. The normalized spacial score (nSPS) is 14.3. The highest BCUT2D eigenvalue weighted by Gasteiger charge is 2.26. The van der Waals surface area contributed by atoms with Crippen LogP contribution in [0.15, 0.2) is 6.07 Å². The zero-order chi connectivity index (χ0) is 18.9. The van der Waals surface area contributed by atoms with Gasteiger partial charge in [0.05, 0.1) is 6.61 Å². The fourth-order valence-electron chi connectivity index (χ4n) is 2.64. The maximum Gasteiger partial charge on any atom is 0.409 e. The molecule has 1 N–H and O–H groups in total. The quantitative estimate of drug-likeness (QED) is 0.724. The van der Waals surface area contributed by atoms with Crippen molar-refractivity contribution in [1.82, 2.24) is 19.8 Å². The van der Waals surface area contributed by atoms with Crippen molar-refractivity contribution in [3.63, 3.8) is 0 Å². The van der Waals surface area contributed by atoms with E-state index in [2.05, 4.69) is 15.3 Å². The van der Waals surface area contributed by atoms with Gasteiger partial charge in [0, 0.05) is 52.1 Å². The number of carbonyl (C=O) groups is 2. The largest absolute Gasteiger partial charge is 0.450 e. The number of aryl methyl sites for hydroxylation is 1. The Morgan fingerprint density at radius 1 is 1.19 bits per heavy atom. The van der Waals surface area contributed by atoms with Gasteiger partial charge >= 0.3 is 6.09 Å². The lowest BCUT2D eigenvalue weighted by Gasteiger charge is -2.33. The van der Waals surface area contributed by atoms with Crippen LogP contribution in [0.5, 0.6) is 0 Å². The molecule has 0 unspecified atom stereocenters. The average molecular weight is 365 g/mol. The van der Waals surface area contributed by atoms with E-state index in [-0.39, 0.29) is 12.0 Å². The molecule has 2 amide bonds. The number of aromatic nitrogens is 2. The molecule has 0 atom stereocenters. The van der Waals surface area contributed by atoms with Gasteiger partial charge in [0.1, 0.15) is 5.69 Å². The molecule has 1 aliphatic rings.